The van der Waals surface area contributed by atoms with Crippen LogP contribution in [0.1, 0.15) is 0 Å². The average Bonchev–Trinajstić information content (AvgIpc) is 3.36. The summed E-state index contributed by atoms with van der Waals surface area (Å²) in [6.07, 6.45) is 1.83. The van der Waals surface area contributed by atoms with Gasteiger partial charge in [-0.1, -0.05) is 91.0 Å². The van der Waals surface area contributed by atoms with Gasteiger partial charge in [-0.05, 0) is 70.3 Å². The van der Waals surface area contributed by atoms with Crippen LogP contribution in [-0.2, 0) is 0 Å². The molecule has 7 aromatic rings. The molecule has 37 heavy (non-hydrogen) atoms. The van der Waals surface area contributed by atoms with Crippen molar-refractivity contribution in [2.24, 2.45) is 0 Å². The molecular weight excluding hydrogens is 450 g/mol. The summed E-state index contributed by atoms with van der Waals surface area (Å²) >= 11 is 0. The first-order valence-electron chi connectivity index (χ1n) is 12.5. The number of rotatable bonds is 4. The molecule has 174 valence electrons. The molecule has 0 aliphatic heterocycles. The van der Waals surface area contributed by atoms with E-state index in [-0.39, 0.29) is 0 Å². The molecular formula is C35H23NO. The minimum Gasteiger partial charge on any atom is -0.455 e. The topological polar surface area (TPSA) is 26.0 Å². The maximum Gasteiger partial charge on any atom is 0.143 e. The quantitative estimate of drug-likeness (QED) is 0.254. The van der Waals surface area contributed by atoms with Crippen molar-refractivity contribution >= 4 is 21.9 Å². The molecule has 0 fully saturated rings. The van der Waals surface area contributed by atoms with Crippen LogP contribution in [0.3, 0.4) is 0 Å². The summed E-state index contributed by atoms with van der Waals surface area (Å²) in [5, 5.41) is 2.24. The Bertz CT molecular complexity index is 1850. The Balaban J connectivity index is 1.49. The van der Waals surface area contributed by atoms with E-state index >= 15 is 0 Å². The highest BCUT2D eigenvalue weighted by Crippen LogP contribution is 2.41. The third-order valence-corrected chi connectivity index (χ3v) is 6.92. The van der Waals surface area contributed by atoms with Crippen molar-refractivity contribution in [2.75, 3.05) is 0 Å². The van der Waals surface area contributed by atoms with E-state index in [0.29, 0.717) is 0 Å². The van der Waals surface area contributed by atoms with Crippen LogP contribution in [0.25, 0.3) is 66.6 Å². The van der Waals surface area contributed by atoms with E-state index in [9.17, 15) is 0 Å². The lowest BCUT2D eigenvalue weighted by atomic mass is 9.94. The zero-order valence-electron chi connectivity index (χ0n) is 20.1. The Morgan fingerprint density at radius 3 is 1.86 bits per heavy atom. The summed E-state index contributed by atoms with van der Waals surface area (Å²) in [4.78, 5) is 4.56. The molecule has 0 aliphatic carbocycles. The second-order valence-electron chi connectivity index (χ2n) is 9.24. The minimum absolute atomic E-state index is 0.891. The number of benzene rings is 5. The first-order chi connectivity index (χ1) is 18.3. The number of hydrogen-bond donors (Lipinski definition) is 0. The molecule has 0 bridgehead atoms. The van der Waals surface area contributed by atoms with Crippen LogP contribution in [0.5, 0.6) is 0 Å². The third kappa shape index (κ3) is 3.89. The van der Waals surface area contributed by atoms with E-state index in [0.717, 1.165) is 44.3 Å². The van der Waals surface area contributed by atoms with Gasteiger partial charge in [-0.3, -0.25) is 4.98 Å². The molecule has 0 unspecified atom stereocenters. The zero-order chi connectivity index (χ0) is 24.6. The van der Waals surface area contributed by atoms with Crippen LogP contribution in [0.4, 0.5) is 0 Å². The summed E-state index contributed by atoms with van der Waals surface area (Å²) in [5.41, 5.74) is 10.7. The molecule has 0 spiro atoms. The van der Waals surface area contributed by atoms with Crippen LogP contribution in [-0.4, -0.2) is 4.98 Å². The largest absolute Gasteiger partial charge is 0.455 e. The lowest BCUT2D eigenvalue weighted by Gasteiger charge is -2.10. The van der Waals surface area contributed by atoms with Crippen LogP contribution >= 0.6 is 0 Å². The van der Waals surface area contributed by atoms with Crippen molar-refractivity contribution in [3.8, 4) is 44.6 Å². The lowest BCUT2D eigenvalue weighted by Crippen LogP contribution is -1.86. The molecule has 0 saturated carbocycles. The van der Waals surface area contributed by atoms with Crippen LogP contribution in [0.15, 0.2) is 144 Å². The summed E-state index contributed by atoms with van der Waals surface area (Å²) in [6, 6.07) is 46.6. The molecule has 2 nitrogen and oxygen atoms in total. The van der Waals surface area contributed by atoms with Crippen LogP contribution in [0, 0.1) is 0 Å². The predicted octanol–water partition coefficient (Wildman–Crippen LogP) is 9.65. The molecule has 0 saturated heterocycles. The maximum absolute atomic E-state index is 6.55. The summed E-state index contributed by atoms with van der Waals surface area (Å²) in [6.45, 7) is 0. The molecule has 2 heteroatoms. The van der Waals surface area contributed by atoms with Crippen molar-refractivity contribution in [1.29, 1.82) is 0 Å². The summed E-state index contributed by atoms with van der Waals surface area (Å²) in [5.74, 6) is 0. The van der Waals surface area contributed by atoms with Gasteiger partial charge < -0.3 is 4.42 Å². The van der Waals surface area contributed by atoms with Gasteiger partial charge in [-0.2, -0.15) is 0 Å². The van der Waals surface area contributed by atoms with Gasteiger partial charge in [0.05, 0.1) is 5.69 Å². The standard InChI is InChI=1S/C35H23NO/c1-3-10-24(11-4-1)26-17-18-34-31(21-26)32-23-29(25-12-5-2-6-13-25)22-30(35(32)37-34)27-14-9-15-28(20-27)33-16-7-8-19-36-33/h1-23H. The predicted molar refractivity (Wildman–Crippen MR) is 153 cm³/mol. The second kappa shape index (κ2) is 8.92. The number of hydrogen-bond acceptors (Lipinski definition) is 2. The van der Waals surface area contributed by atoms with E-state index < -0.39 is 0 Å². The van der Waals surface area contributed by atoms with Gasteiger partial charge in [0.2, 0.25) is 0 Å². The number of aromatic nitrogens is 1. The van der Waals surface area contributed by atoms with Gasteiger partial charge in [0, 0.05) is 28.1 Å². The Morgan fingerprint density at radius 2 is 1.11 bits per heavy atom. The molecule has 0 aliphatic rings. The molecule has 7 rings (SSSR count). The molecule has 0 amide bonds. The monoisotopic (exact) mass is 473 g/mol. The van der Waals surface area contributed by atoms with Crippen molar-refractivity contribution < 1.29 is 4.42 Å². The Hall–Kier alpha value is -4.95. The van der Waals surface area contributed by atoms with Gasteiger partial charge >= 0.3 is 0 Å². The fourth-order valence-electron chi connectivity index (χ4n) is 5.08. The van der Waals surface area contributed by atoms with Crippen molar-refractivity contribution in [3.05, 3.63) is 140 Å². The van der Waals surface area contributed by atoms with Gasteiger partial charge in [0.25, 0.3) is 0 Å². The smallest absolute Gasteiger partial charge is 0.143 e. The molecule has 5 aromatic carbocycles. The van der Waals surface area contributed by atoms with E-state index in [2.05, 4.69) is 114 Å². The van der Waals surface area contributed by atoms with Gasteiger partial charge in [0.1, 0.15) is 11.2 Å². The van der Waals surface area contributed by atoms with Crippen molar-refractivity contribution in [2.45, 2.75) is 0 Å². The molecule has 0 atom stereocenters. The van der Waals surface area contributed by atoms with Crippen molar-refractivity contribution in [3.63, 3.8) is 0 Å². The highest BCUT2D eigenvalue weighted by molar-refractivity contribution is 6.12. The average molecular weight is 474 g/mol. The van der Waals surface area contributed by atoms with E-state index in [1.165, 1.54) is 22.3 Å². The van der Waals surface area contributed by atoms with Crippen LogP contribution in [0.2, 0.25) is 0 Å². The first-order valence-corrected chi connectivity index (χ1v) is 12.5. The number of pyridine rings is 1. The Kier molecular flexibility index (Phi) is 5.15. The third-order valence-electron chi connectivity index (χ3n) is 6.92. The van der Waals surface area contributed by atoms with Crippen LogP contribution < -0.4 is 0 Å². The normalized spacial score (nSPS) is 11.2. The first kappa shape index (κ1) is 21.3. The Morgan fingerprint density at radius 1 is 0.432 bits per heavy atom. The molecule has 0 N–H and O–H groups in total. The zero-order valence-corrected chi connectivity index (χ0v) is 20.1. The maximum atomic E-state index is 6.55. The van der Waals surface area contributed by atoms with Gasteiger partial charge in [0.15, 0.2) is 0 Å². The fourth-order valence-corrected chi connectivity index (χ4v) is 5.08. The molecule has 2 heterocycles. The van der Waals surface area contributed by atoms with E-state index in [4.69, 9.17) is 4.42 Å². The van der Waals surface area contributed by atoms with E-state index in [1.54, 1.807) is 0 Å². The highest BCUT2D eigenvalue weighted by atomic mass is 16.3. The second-order valence-corrected chi connectivity index (χ2v) is 9.24. The molecule has 2 aromatic heterocycles. The Labute approximate surface area is 215 Å². The summed E-state index contributed by atoms with van der Waals surface area (Å²) in [7, 11) is 0. The number of fused-ring (bicyclic) bond motifs is 3. The minimum atomic E-state index is 0.891. The van der Waals surface area contributed by atoms with Gasteiger partial charge in [-0.25, -0.2) is 0 Å². The molecule has 0 radical (unpaired) electrons. The highest BCUT2D eigenvalue weighted by Gasteiger charge is 2.16. The SMILES string of the molecule is c1ccc(-c2ccc3oc4c(-c5cccc(-c6ccccn6)c5)cc(-c5ccccc5)cc4c3c2)cc1. The van der Waals surface area contributed by atoms with Gasteiger partial charge in [-0.15, -0.1) is 0 Å². The summed E-state index contributed by atoms with van der Waals surface area (Å²) < 4.78 is 6.55. The number of furan rings is 1. The fraction of sp³-hybridized carbons (Fsp3) is 0. The van der Waals surface area contributed by atoms with Crippen molar-refractivity contribution in [1.82, 2.24) is 4.98 Å². The number of nitrogens with zero attached hydrogens (tertiary/aromatic N) is 1. The lowest BCUT2D eigenvalue weighted by molar-refractivity contribution is 0.670. The van der Waals surface area contributed by atoms with E-state index in [1.807, 2.05) is 30.5 Å².